The molecule has 1 aliphatic carbocycles. The van der Waals surface area contributed by atoms with Crippen LogP contribution in [0.25, 0.3) is 0 Å². The topological polar surface area (TPSA) is 66.4 Å². The quantitative estimate of drug-likeness (QED) is 0.900. The van der Waals surface area contributed by atoms with E-state index in [-0.39, 0.29) is 5.92 Å². The van der Waals surface area contributed by atoms with E-state index in [2.05, 4.69) is 5.32 Å². The normalized spacial score (nSPS) is 25.4. The third-order valence-corrected chi connectivity index (χ3v) is 4.19. The number of hydrogen-bond donors (Lipinski definition) is 2. The van der Waals surface area contributed by atoms with Gasteiger partial charge in [-0.25, -0.2) is 9.18 Å². The molecule has 0 aliphatic heterocycles. The van der Waals surface area contributed by atoms with Gasteiger partial charge in [0.2, 0.25) is 0 Å². The monoisotopic (exact) mass is 293 g/mol. The average molecular weight is 293 g/mol. The molecule has 4 nitrogen and oxygen atoms in total. The fraction of sp³-hybridized carbons (Fsp3) is 0.500. The zero-order valence-corrected chi connectivity index (χ0v) is 12.3. The highest BCUT2D eigenvalue weighted by Crippen LogP contribution is 2.33. The summed E-state index contributed by atoms with van der Waals surface area (Å²) in [7, 11) is 0. The van der Waals surface area contributed by atoms with Gasteiger partial charge in [-0.15, -0.1) is 0 Å². The highest BCUT2D eigenvalue weighted by molar-refractivity contribution is 5.99. The van der Waals surface area contributed by atoms with Crippen molar-refractivity contribution in [2.45, 2.75) is 45.1 Å². The van der Waals surface area contributed by atoms with Crippen LogP contribution in [0.2, 0.25) is 0 Å². The van der Waals surface area contributed by atoms with Crippen LogP contribution < -0.4 is 5.32 Å². The standard InChI is InChI=1S/C16H20FNO3/c1-10-4-3-7-16(9-10,15(20)21)18-14(19)13-6-5-12(17)8-11(13)2/h5-6,8,10H,3-4,7,9H2,1-2H3,(H,18,19)(H,20,21). The highest BCUT2D eigenvalue weighted by atomic mass is 19.1. The first-order valence-electron chi connectivity index (χ1n) is 7.16. The molecule has 114 valence electrons. The molecule has 2 atom stereocenters. The molecule has 2 N–H and O–H groups in total. The van der Waals surface area contributed by atoms with Gasteiger partial charge >= 0.3 is 5.97 Å². The van der Waals surface area contributed by atoms with Crippen LogP contribution >= 0.6 is 0 Å². The molecule has 0 spiro atoms. The van der Waals surface area contributed by atoms with Crippen LogP contribution in [0, 0.1) is 18.7 Å². The van der Waals surface area contributed by atoms with Crippen molar-refractivity contribution in [3.05, 3.63) is 35.1 Å². The highest BCUT2D eigenvalue weighted by Gasteiger charge is 2.43. The molecule has 1 aliphatic rings. The van der Waals surface area contributed by atoms with E-state index in [0.29, 0.717) is 24.0 Å². The van der Waals surface area contributed by atoms with Gasteiger partial charge in [-0.3, -0.25) is 4.79 Å². The lowest BCUT2D eigenvalue weighted by atomic mass is 9.76. The van der Waals surface area contributed by atoms with Gasteiger partial charge in [-0.1, -0.05) is 19.8 Å². The summed E-state index contributed by atoms with van der Waals surface area (Å²) in [5, 5.41) is 12.2. The Bertz CT molecular complexity index is 573. The summed E-state index contributed by atoms with van der Waals surface area (Å²) in [6.45, 7) is 3.63. The summed E-state index contributed by atoms with van der Waals surface area (Å²) in [6.07, 6.45) is 2.60. The van der Waals surface area contributed by atoms with Gasteiger partial charge in [0.1, 0.15) is 11.4 Å². The van der Waals surface area contributed by atoms with Gasteiger partial charge in [0, 0.05) is 5.56 Å². The van der Waals surface area contributed by atoms with E-state index in [9.17, 15) is 19.1 Å². The van der Waals surface area contributed by atoms with E-state index >= 15 is 0 Å². The molecule has 1 fully saturated rings. The summed E-state index contributed by atoms with van der Waals surface area (Å²) in [5.74, 6) is -1.61. The molecule has 1 aromatic rings. The molecular formula is C16H20FNO3. The molecule has 5 heteroatoms. The molecule has 21 heavy (non-hydrogen) atoms. The van der Waals surface area contributed by atoms with Crippen molar-refractivity contribution in [1.29, 1.82) is 0 Å². The third kappa shape index (κ3) is 3.23. The van der Waals surface area contributed by atoms with Gasteiger partial charge in [0.05, 0.1) is 0 Å². The number of benzene rings is 1. The van der Waals surface area contributed by atoms with E-state index in [1.165, 1.54) is 18.2 Å². The minimum atomic E-state index is -1.21. The van der Waals surface area contributed by atoms with Crippen LogP contribution in [0.4, 0.5) is 4.39 Å². The number of rotatable bonds is 3. The molecule has 1 saturated carbocycles. The Morgan fingerprint density at radius 2 is 2.14 bits per heavy atom. The van der Waals surface area contributed by atoms with E-state index in [4.69, 9.17) is 0 Å². The number of amides is 1. The van der Waals surface area contributed by atoms with Crippen LogP contribution in [-0.4, -0.2) is 22.5 Å². The maximum absolute atomic E-state index is 13.1. The summed E-state index contributed by atoms with van der Waals surface area (Å²) in [5.41, 5.74) is -0.401. The first-order valence-corrected chi connectivity index (χ1v) is 7.16. The lowest BCUT2D eigenvalue weighted by molar-refractivity contribution is -0.146. The van der Waals surface area contributed by atoms with E-state index in [1.807, 2.05) is 6.92 Å². The van der Waals surface area contributed by atoms with Gasteiger partial charge in [-0.2, -0.15) is 0 Å². The lowest BCUT2D eigenvalue weighted by Crippen LogP contribution is -2.56. The molecule has 0 radical (unpaired) electrons. The van der Waals surface area contributed by atoms with Crippen molar-refractivity contribution in [1.82, 2.24) is 5.32 Å². The lowest BCUT2D eigenvalue weighted by Gasteiger charge is -2.37. The minimum absolute atomic E-state index is 0.254. The molecule has 1 aromatic carbocycles. The van der Waals surface area contributed by atoms with Crippen LogP contribution in [0.15, 0.2) is 18.2 Å². The molecule has 0 heterocycles. The Hall–Kier alpha value is -1.91. The number of aryl methyl sites for hydroxylation is 1. The molecule has 2 unspecified atom stereocenters. The van der Waals surface area contributed by atoms with Crippen LogP contribution in [0.1, 0.15) is 48.5 Å². The number of carbonyl (C=O) groups is 2. The third-order valence-electron chi connectivity index (χ3n) is 4.19. The number of hydrogen-bond acceptors (Lipinski definition) is 2. The van der Waals surface area contributed by atoms with Crippen molar-refractivity contribution in [3.63, 3.8) is 0 Å². The Morgan fingerprint density at radius 3 is 2.71 bits per heavy atom. The summed E-state index contributed by atoms with van der Waals surface area (Å²) in [6, 6.07) is 3.87. The Morgan fingerprint density at radius 1 is 1.43 bits per heavy atom. The largest absolute Gasteiger partial charge is 0.480 e. The molecule has 0 aromatic heterocycles. The number of carboxylic acid groups (broad SMARTS) is 1. The number of nitrogens with one attached hydrogen (secondary N) is 1. The fourth-order valence-electron chi connectivity index (χ4n) is 3.08. The summed E-state index contributed by atoms with van der Waals surface area (Å²) < 4.78 is 13.1. The van der Waals surface area contributed by atoms with Crippen molar-refractivity contribution in [2.24, 2.45) is 5.92 Å². The van der Waals surface area contributed by atoms with Crippen LogP contribution in [-0.2, 0) is 4.79 Å². The van der Waals surface area contributed by atoms with Crippen molar-refractivity contribution in [2.75, 3.05) is 0 Å². The number of aliphatic carboxylic acids is 1. The molecular weight excluding hydrogens is 273 g/mol. The van der Waals surface area contributed by atoms with Crippen molar-refractivity contribution < 1.29 is 19.1 Å². The Kier molecular flexibility index (Phi) is 4.30. The summed E-state index contributed by atoms with van der Waals surface area (Å²) in [4.78, 5) is 24.0. The number of carboxylic acids is 1. The predicted octanol–water partition coefficient (Wildman–Crippen LogP) is 2.90. The second-order valence-electron chi connectivity index (χ2n) is 6.00. The van der Waals surface area contributed by atoms with Gasteiger partial charge in [0.25, 0.3) is 5.91 Å². The SMILES string of the molecule is Cc1cc(F)ccc1C(=O)NC1(C(=O)O)CCCC(C)C1. The molecule has 0 bridgehead atoms. The second kappa shape index (κ2) is 5.84. The molecule has 2 rings (SSSR count). The zero-order valence-electron chi connectivity index (χ0n) is 12.3. The van der Waals surface area contributed by atoms with Gasteiger partial charge in [-0.05, 0) is 49.4 Å². The van der Waals surface area contributed by atoms with E-state index < -0.39 is 23.2 Å². The van der Waals surface area contributed by atoms with E-state index in [0.717, 1.165) is 12.8 Å². The Balaban J connectivity index is 2.24. The minimum Gasteiger partial charge on any atom is -0.480 e. The maximum atomic E-state index is 13.1. The van der Waals surface area contributed by atoms with Gasteiger partial charge < -0.3 is 10.4 Å². The second-order valence-corrected chi connectivity index (χ2v) is 6.00. The first kappa shape index (κ1) is 15.5. The number of carbonyl (C=O) groups excluding carboxylic acids is 1. The van der Waals surface area contributed by atoms with Crippen LogP contribution in [0.5, 0.6) is 0 Å². The number of halogens is 1. The van der Waals surface area contributed by atoms with Crippen molar-refractivity contribution in [3.8, 4) is 0 Å². The fourth-order valence-corrected chi connectivity index (χ4v) is 3.08. The van der Waals surface area contributed by atoms with Gasteiger partial charge in [0.15, 0.2) is 0 Å². The van der Waals surface area contributed by atoms with Crippen molar-refractivity contribution >= 4 is 11.9 Å². The average Bonchev–Trinajstić information content (AvgIpc) is 2.38. The smallest absolute Gasteiger partial charge is 0.329 e. The first-order chi connectivity index (χ1) is 9.84. The maximum Gasteiger partial charge on any atom is 0.329 e. The molecule has 1 amide bonds. The van der Waals surface area contributed by atoms with Crippen LogP contribution in [0.3, 0.4) is 0 Å². The Labute approximate surface area is 123 Å². The molecule has 0 saturated heterocycles. The van der Waals surface area contributed by atoms with E-state index in [1.54, 1.807) is 6.92 Å². The summed E-state index contributed by atoms with van der Waals surface area (Å²) >= 11 is 0. The zero-order chi connectivity index (χ0) is 15.6. The predicted molar refractivity (Wildman–Crippen MR) is 76.6 cm³/mol.